The number of hydrogen-bond acceptors (Lipinski definition) is 4. The van der Waals surface area contributed by atoms with Crippen molar-refractivity contribution in [2.75, 3.05) is 11.9 Å². The summed E-state index contributed by atoms with van der Waals surface area (Å²) < 4.78 is 6.75. The van der Waals surface area contributed by atoms with Crippen molar-refractivity contribution in [3.63, 3.8) is 0 Å². The highest BCUT2D eigenvalue weighted by Gasteiger charge is 2.03. The molecule has 0 fully saturated rings. The molecule has 0 atom stereocenters. The van der Waals surface area contributed by atoms with Crippen LogP contribution in [0.4, 0.5) is 5.82 Å². The van der Waals surface area contributed by atoms with E-state index in [4.69, 9.17) is 4.74 Å². The SMILES string of the molecule is CCOC(=O)/C=C(\C)Nc1cnc2ccccn12. The number of imidazole rings is 1. The Balaban J connectivity index is 2.16. The van der Waals surface area contributed by atoms with E-state index < -0.39 is 0 Å². The first-order valence-electron chi connectivity index (χ1n) is 5.75. The minimum Gasteiger partial charge on any atom is -0.463 e. The van der Waals surface area contributed by atoms with Crippen LogP contribution in [0.3, 0.4) is 0 Å². The second-order valence-corrected chi connectivity index (χ2v) is 3.78. The highest BCUT2D eigenvalue weighted by atomic mass is 16.5. The Hall–Kier alpha value is -2.30. The first kappa shape index (κ1) is 12.2. The number of nitrogens with one attached hydrogen (secondary N) is 1. The number of aromatic nitrogens is 2. The van der Waals surface area contributed by atoms with Crippen molar-refractivity contribution in [3.05, 3.63) is 42.4 Å². The van der Waals surface area contributed by atoms with Gasteiger partial charge in [0.25, 0.3) is 0 Å². The molecule has 0 aliphatic heterocycles. The number of pyridine rings is 1. The third-order valence-corrected chi connectivity index (χ3v) is 2.36. The number of nitrogens with zero attached hydrogens (tertiary/aromatic N) is 2. The molecule has 0 saturated heterocycles. The van der Waals surface area contributed by atoms with Crippen molar-refractivity contribution < 1.29 is 9.53 Å². The number of anilines is 1. The Labute approximate surface area is 105 Å². The summed E-state index contributed by atoms with van der Waals surface area (Å²) in [4.78, 5) is 15.5. The Morgan fingerprint density at radius 3 is 3.17 bits per heavy atom. The van der Waals surface area contributed by atoms with Gasteiger partial charge >= 0.3 is 5.97 Å². The molecule has 0 spiro atoms. The lowest BCUT2D eigenvalue weighted by Crippen LogP contribution is -2.05. The number of fused-ring (bicyclic) bond motifs is 1. The van der Waals surface area contributed by atoms with Crippen LogP contribution in [0.1, 0.15) is 13.8 Å². The summed E-state index contributed by atoms with van der Waals surface area (Å²) in [7, 11) is 0. The van der Waals surface area contributed by atoms with Crippen molar-refractivity contribution in [2.45, 2.75) is 13.8 Å². The van der Waals surface area contributed by atoms with Crippen molar-refractivity contribution in [3.8, 4) is 0 Å². The molecule has 0 amide bonds. The van der Waals surface area contributed by atoms with Crippen molar-refractivity contribution in [2.24, 2.45) is 0 Å². The molecule has 2 aromatic rings. The predicted molar refractivity (Wildman–Crippen MR) is 69.2 cm³/mol. The average molecular weight is 245 g/mol. The van der Waals surface area contributed by atoms with Gasteiger partial charge in [0.1, 0.15) is 11.5 Å². The van der Waals surface area contributed by atoms with Crippen LogP contribution in [-0.2, 0) is 9.53 Å². The van der Waals surface area contributed by atoms with E-state index in [2.05, 4.69) is 10.3 Å². The Bertz CT molecular complexity index is 587. The summed E-state index contributed by atoms with van der Waals surface area (Å²) in [5.41, 5.74) is 1.56. The van der Waals surface area contributed by atoms with Crippen LogP contribution in [0.25, 0.3) is 5.65 Å². The topological polar surface area (TPSA) is 55.6 Å². The van der Waals surface area contributed by atoms with Gasteiger partial charge in [-0.3, -0.25) is 4.40 Å². The number of allylic oxidation sites excluding steroid dienone is 1. The fraction of sp³-hybridized carbons (Fsp3) is 0.231. The van der Waals surface area contributed by atoms with Crippen LogP contribution in [0.15, 0.2) is 42.4 Å². The average Bonchev–Trinajstić information content (AvgIpc) is 2.73. The molecule has 2 heterocycles. The van der Waals surface area contributed by atoms with E-state index in [0.29, 0.717) is 12.3 Å². The Morgan fingerprint density at radius 1 is 1.56 bits per heavy atom. The number of rotatable bonds is 4. The van der Waals surface area contributed by atoms with E-state index >= 15 is 0 Å². The summed E-state index contributed by atoms with van der Waals surface area (Å²) in [6.45, 7) is 3.95. The molecule has 0 aliphatic rings. The summed E-state index contributed by atoms with van der Waals surface area (Å²) in [6.07, 6.45) is 5.05. The molecule has 0 aliphatic carbocycles. The summed E-state index contributed by atoms with van der Waals surface area (Å²) in [5.74, 6) is 0.458. The number of ether oxygens (including phenoxy) is 1. The van der Waals surface area contributed by atoms with Crippen molar-refractivity contribution in [1.29, 1.82) is 0 Å². The van der Waals surface area contributed by atoms with Gasteiger partial charge in [0, 0.05) is 18.0 Å². The Morgan fingerprint density at radius 2 is 2.39 bits per heavy atom. The van der Waals surface area contributed by atoms with Crippen molar-refractivity contribution in [1.82, 2.24) is 9.38 Å². The van der Waals surface area contributed by atoms with Crippen LogP contribution < -0.4 is 5.32 Å². The largest absolute Gasteiger partial charge is 0.463 e. The summed E-state index contributed by atoms with van der Waals surface area (Å²) >= 11 is 0. The van der Waals surface area contributed by atoms with E-state index in [1.54, 1.807) is 20.0 Å². The van der Waals surface area contributed by atoms with Gasteiger partial charge in [-0.15, -0.1) is 0 Å². The molecule has 2 aromatic heterocycles. The lowest BCUT2D eigenvalue weighted by molar-refractivity contribution is -0.137. The predicted octanol–water partition coefficient (Wildman–Crippen LogP) is 2.21. The van der Waals surface area contributed by atoms with E-state index in [1.165, 1.54) is 6.08 Å². The first-order valence-corrected chi connectivity index (χ1v) is 5.75. The zero-order valence-electron chi connectivity index (χ0n) is 10.4. The van der Waals surface area contributed by atoms with Gasteiger partial charge in [0.2, 0.25) is 0 Å². The lowest BCUT2D eigenvalue weighted by Gasteiger charge is -2.05. The number of esters is 1. The Kier molecular flexibility index (Phi) is 3.62. The minimum absolute atomic E-state index is 0.351. The molecule has 2 rings (SSSR count). The fourth-order valence-corrected chi connectivity index (χ4v) is 1.62. The summed E-state index contributed by atoms with van der Waals surface area (Å²) in [5, 5.41) is 3.11. The van der Waals surface area contributed by atoms with Gasteiger partial charge in [-0.05, 0) is 26.0 Å². The monoisotopic (exact) mass is 245 g/mol. The standard InChI is InChI=1S/C13H15N3O2/c1-3-18-13(17)8-10(2)15-12-9-14-11-6-4-5-7-16(11)12/h4-9,15H,3H2,1-2H3/b10-8+. The lowest BCUT2D eigenvalue weighted by atomic mass is 10.4. The molecule has 94 valence electrons. The first-order chi connectivity index (χ1) is 8.70. The maximum atomic E-state index is 11.3. The normalized spacial score (nSPS) is 11.6. The summed E-state index contributed by atoms with van der Waals surface area (Å²) in [6, 6.07) is 5.76. The van der Waals surface area contributed by atoms with Gasteiger partial charge < -0.3 is 10.1 Å². The molecule has 5 nitrogen and oxygen atoms in total. The minimum atomic E-state index is -0.351. The van der Waals surface area contributed by atoms with Gasteiger partial charge in [-0.25, -0.2) is 9.78 Å². The third kappa shape index (κ3) is 2.68. The highest BCUT2D eigenvalue weighted by Crippen LogP contribution is 2.13. The van der Waals surface area contributed by atoms with E-state index in [0.717, 1.165) is 11.5 Å². The van der Waals surface area contributed by atoms with Gasteiger partial charge in [-0.1, -0.05) is 6.07 Å². The number of carbonyl (C=O) groups excluding carboxylic acids is 1. The van der Waals surface area contributed by atoms with Crippen LogP contribution in [0.2, 0.25) is 0 Å². The maximum Gasteiger partial charge on any atom is 0.332 e. The van der Waals surface area contributed by atoms with Gasteiger partial charge in [-0.2, -0.15) is 0 Å². The van der Waals surface area contributed by atoms with Crippen LogP contribution in [-0.4, -0.2) is 22.0 Å². The van der Waals surface area contributed by atoms with E-state index in [-0.39, 0.29) is 5.97 Å². The molecule has 1 N–H and O–H groups in total. The maximum absolute atomic E-state index is 11.3. The second-order valence-electron chi connectivity index (χ2n) is 3.78. The second kappa shape index (κ2) is 5.35. The van der Waals surface area contributed by atoms with Gasteiger partial charge in [0.15, 0.2) is 0 Å². The van der Waals surface area contributed by atoms with Gasteiger partial charge in [0.05, 0.1) is 12.8 Å². The molecule has 18 heavy (non-hydrogen) atoms. The van der Waals surface area contributed by atoms with Crippen LogP contribution in [0, 0.1) is 0 Å². The zero-order valence-corrected chi connectivity index (χ0v) is 10.4. The van der Waals surface area contributed by atoms with Crippen molar-refractivity contribution >= 4 is 17.4 Å². The highest BCUT2D eigenvalue weighted by molar-refractivity contribution is 5.83. The number of hydrogen-bond donors (Lipinski definition) is 1. The smallest absolute Gasteiger partial charge is 0.332 e. The molecule has 0 unspecified atom stereocenters. The third-order valence-electron chi connectivity index (χ3n) is 2.36. The molecule has 0 aromatic carbocycles. The molecule has 5 heteroatoms. The number of carbonyl (C=O) groups is 1. The quantitative estimate of drug-likeness (QED) is 0.662. The molecule has 0 radical (unpaired) electrons. The molecular weight excluding hydrogens is 230 g/mol. The molecule has 0 saturated carbocycles. The fourth-order valence-electron chi connectivity index (χ4n) is 1.62. The zero-order chi connectivity index (χ0) is 13.0. The molecular formula is C13H15N3O2. The van der Waals surface area contributed by atoms with Crippen LogP contribution >= 0.6 is 0 Å². The van der Waals surface area contributed by atoms with E-state index in [1.807, 2.05) is 28.8 Å². The van der Waals surface area contributed by atoms with E-state index in [9.17, 15) is 4.79 Å². The van der Waals surface area contributed by atoms with Crippen LogP contribution in [0.5, 0.6) is 0 Å². The molecule has 0 bridgehead atoms.